The van der Waals surface area contributed by atoms with Gasteiger partial charge in [-0.1, -0.05) is 42.5 Å². The first-order chi connectivity index (χ1) is 14.0. The van der Waals surface area contributed by atoms with Crippen LogP contribution in [0.5, 0.6) is 0 Å². The molecule has 2 aromatic carbocycles. The number of amides is 1. The number of hydrogen-bond acceptors (Lipinski definition) is 5. The van der Waals surface area contributed by atoms with Crippen LogP contribution < -0.4 is 5.32 Å². The number of aliphatic hydroxyl groups excluding tert-OH is 1. The Morgan fingerprint density at radius 1 is 1.21 bits per heavy atom. The summed E-state index contributed by atoms with van der Waals surface area (Å²) in [5, 5.41) is 13.1. The topological polar surface area (TPSA) is 75.1 Å². The number of carbonyl (C=O) groups is 1. The molecule has 2 N–H and O–H groups in total. The fourth-order valence-electron chi connectivity index (χ4n) is 2.96. The molecule has 0 saturated heterocycles. The lowest BCUT2D eigenvalue weighted by Gasteiger charge is -2.10. The molecule has 2 aromatic heterocycles. The zero-order valence-electron chi connectivity index (χ0n) is 15.6. The highest BCUT2D eigenvalue weighted by Gasteiger charge is 2.14. The predicted molar refractivity (Wildman–Crippen MR) is 112 cm³/mol. The fourth-order valence-corrected chi connectivity index (χ4v) is 3.82. The summed E-state index contributed by atoms with van der Waals surface area (Å²) in [6, 6.07) is 15.5. The summed E-state index contributed by atoms with van der Waals surface area (Å²) in [5.41, 5.74) is 2.44. The van der Waals surface area contributed by atoms with Crippen molar-refractivity contribution < 1.29 is 14.3 Å². The third kappa shape index (κ3) is 4.01. The average Bonchev–Trinajstić information content (AvgIpc) is 3.15. The van der Waals surface area contributed by atoms with E-state index in [1.165, 1.54) is 23.6 Å². The van der Waals surface area contributed by atoms with Crippen LogP contribution in [-0.4, -0.2) is 21.0 Å². The summed E-state index contributed by atoms with van der Waals surface area (Å²) in [6.07, 6.45) is 1.22. The van der Waals surface area contributed by atoms with Crippen molar-refractivity contribution >= 4 is 32.6 Å². The van der Waals surface area contributed by atoms with Crippen LogP contribution in [0.1, 0.15) is 35.4 Å². The largest absolute Gasteiger partial charge is 0.388 e. The zero-order valence-corrected chi connectivity index (χ0v) is 16.4. The molecular formula is C22H18FN3O2S. The van der Waals surface area contributed by atoms with E-state index in [-0.39, 0.29) is 11.6 Å². The molecule has 0 bridgehead atoms. The minimum Gasteiger partial charge on any atom is -0.388 e. The van der Waals surface area contributed by atoms with E-state index in [0.29, 0.717) is 28.2 Å². The molecule has 0 aliphatic carbocycles. The standard InChI is InChI=1S/C22H18FN3O2S/c1-2-18(27)15-11-16(23)20(24-12-15)13-7-9-14(10-8-13)21(28)26-22-25-17-5-3-4-6-19(17)29-22/h3-12,18,27H,2H2,1H3,(H,25,26,28)/t18-/m1/s1. The number of nitrogens with one attached hydrogen (secondary N) is 1. The molecule has 1 amide bonds. The number of rotatable bonds is 5. The highest BCUT2D eigenvalue weighted by atomic mass is 32.1. The van der Waals surface area contributed by atoms with Gasteiger partial charge in [0.05, 0.1) is 16.3 Å². The number of hydrogen-bond donors (Lipinski definition) is 2. The maximum absolute atomic E-state index is 14.4. The molecular weight excluding hydrogens is 389 g/mol. The van der Waals surface area contributed by atoms with Crippen molar-refractivity contribution in [2.45, 2.75) is 19.4 Å². The van der Waals surface area contributed by atoms with Crippen molar-refractivity contribution in [3.05, 3.63) is 77.7 Å². The van der Waals surface area contributed by atoms with E-state index >= 15 is 0 Å². The molecule has 0 aliphatic rings. The number of thiazole rings is 1. The number of fused-ring (bicyclic) bond motifs is 1. The third-order valence-corrected chi connectivity index (χ3v) is 5.52. The molecule has 146 valence electrons. The molecule has 4 rings (SSSR count). The Morgan fingerprint density at radius 3 is 2.66 bits per heavy atom. The number of nitrogens with zero attached hydrogens (tertiary/aromatic N) is 2. The van der Waals surface area contributed by atoms with E-state index in [0.717, 1.165) is 10.2 Å². The van der Waals surface area contributed by atoms with E-state index in [2.05, 4.69) is 15.3 Å². The second kappa shape index (κ2) is 8.06. The Balaban J connectivity index is 1.52. The number of pyridine rings is 1. The van der Waals surface area contributed by atoms with E-state index in [9.17, 15) is 14.3 Å². The molecule has 0 fully saturated rings. The van der Waals surface area contributed by atoms with E-state index in [1.807, 2.05) is 31.2 Å². The van der Waals surface area contributed by atoms with Gasteiger partial charge in [-0.2, -0.15) is 0 Å². The minimum absolute atomic E-state index is 0.176. The van der Waals surface area contributed by atoms with E-state index in [1.54, 1.807) is 24.3 Å². The molecule has 7 heteroatoms. The molecule has 4 aromatic rings. The van der Waals surface area contributed by atoms with Crippen LogP contribution in [0, 0.1) is 5.82 Å². The van der Waals surface area contributed by atoms with Gasteiger partial charge in [-0.25, -0.2) is 9.37 Å². The minimum atomic E-state index is -0.736. The van der Waals surface area contributed by atoms with E-state index in [4.69, 9.17) is 0 Å². The van der Waals surface area contributed by atoms with E-state index < -0.39 is 11.9 Å². The Labute approximate surface area is 170 Å². The summed E-state index contributed by atoms with van der Waals surface area (Å²) in [7, 11) is 0. The smallest absolute Gasteiger partial charge is 0.257 e. The quantitative estimate of drug-likeness (QED) is 0.477. The molecule has 2 heterocycles. The second-order valence-corrected chi connectivity index (χ2v) is 7.57. The van der Waals surface area contributed by atoms with Gasteiger partial charge in [0.2, 0.25) is 0 Å². The lowest BCUT2D eigenvalue weighted by atomic mass is 10.0. The number of halogens is 1. The van der Waals surface area contributed by atoms with Gasteiger partial charge < -0.3 is 5.11 Å². The number of para-hydroxylation sites is 1. The number of carbonyl (C=O) groups excluding carboxylic acids is 1. The van der Waals surface area contributed by atoms with Gasteiger partial charge >= 0.3 is 0 Å². The molecule has 0 unspecified atom stereocenters. The van der Waals surface area contributed by atoms with Crippen LogP contribution in [0.25, 0.3) is 21.5 Å². The molecule has 0 radical (unpaired) electrons. The first kappa shape index (κ1) is 19.2. The van der Waals surface area contributed by atoms with Gasteiger partial charge in [0.15, 0.2) is 5.13 Å². The summed E-state index contributed by atoms with van der Waals surface area (Å²) in [6.45, 7) is 1.81. The van der Waals surface area contributed by atoms with Crippen molar-refractivity contribution in [3.8, 4) is 11.3 Å². The summed E-state index contributed by atoms with van der Waals surface area (Å²) < 4.78 is 15.4. The lowest BCUT2D eigenvalue weighted by molar-refractivity contribution is 0.102. The Hall–Kier alpha value is -3.16. The van der Waals surface area contributed by atoms with Crippen molar-refractivity contribution in [1.82, 2.24) is 9.97 Å². The average molecular weight is 407 g/mol. The van der Waals surface area contributed by atoms with Gasteiger partial charge in [0, 0.05) is 22.9 Å². The molecule has 1 atom stereocenters. The van der Waals surface area contributed by atoms with Crippen LogP contribution in [0.3, 0.4) is 0 Å². The maximum atomic E-state index is 14.4. The van der Waals surface area contributed by atoms with Crippen LogP contribution in [0.15, 0.2) is 60.8 Å². The van der Waals surface area contributed by atoms with Gasteiger partial charge in [0.25, 0.3) is 5.91 Å². The number of anilines is 1. The predicted octanol–water partition coefficient (Wildman–Crippen LogP) is 5.19. The Morgan fingerprint density at radius 2 is 1.97 bits per heavy atom. The van der Waals surface area contributed by atoms with Crippen molar-refractivity contribution in [3.63, 3.8) is 0 Å². The van der Waals surface area contributed by atoms with Crippen LogP contribution in [0.2, 0.25) is 0 Å². The third-order valence-electron chi connectivity index (χ3n) is 4.57. The molecule has 29 heavy (non-hydrogen) atoms. The van der Waals surface area contributed by atoms with Gasteiger partial charge in [-0.15, -0.1) is 0 Å². The number of aromatic nitrogens is 2. The van der Waals surface area contributed by atoms with Crippen molar-refractivity contribution in [2.75, 3.05) is 5.32 Å². The van der Waals surface area contributed by atoms with Crippen molar-refractivity contribution in [1.29, 1.82) is 0 Å². The first-order valence-corrected chi connectivity index (χ1v) is 9.97. The van der Waals surface area contributed by atoms with Crippen LogP contribution in [-0.2, 0) is 0 Å². The SMILES string of the molecule is CC[C@@H](O)c1cnc(-c2ccc(C(=O)Nc3nc4ccccc4s3)cc2)c(F)c1. The highest BCUT2D eigenvalue weighted by molar-refractivity contribution is 7.22. The van der Waals surface area contributed by atoms with Gasteiger partial charge in [-0.3, -0.25) is 15.1 Å². The fraction of sp³-hybridized carbons (Fsp3) is 0.136. The van der Waals surface area contributed by atoms with Crippen LogP contribution >= 0.6 is 11.3 Å². The summed E-state index contributed by atoms with van der Waals surface area (Å²) in [5.74, 6) is -0.799. The second-order valence-electron chi connectivity index (χ2n) is 6.54. The molecule has 0 spiro atoms. The Kier molecular flexibility index (Phi) is 5.33. The molecule has 0 saturated carbocycles. The first-order valence-electron chi connectivity index (χ1n) is 9.16. The number of aliphatic hydroxyl groups is 1. The van der Waals surface area contributed by atoms with Gasteiger partial charge in [-0.05, 0) is 36.8 Å². The van der Waals surface area contributed by atoms with Crippen molar-refractivity contribution in [2.24, 2.45) is 0 Å². The zero-order chi connectivity index (χ0) is 20.4. The summed E-state index contributed by atoms with van der Waals surface area (Å²) in [4.78, 5) is 21.0. The monoisotopic (exact) mass is 407 g/mol. The normalized spacial score (nSPS) is 12.1. The Bertz CT molecular complexity index is 1140. The summed E-state index contributed by atoms with van der Waals surface area (Å²) >= 11 is 1.40. The number of benzene rings is 2. The highest BCUT2D eigenvalue weighted by Crippen LogP contribution is 2.27. The van der Waals surface area contributed by atoms with Crippen LogP contribution in [0.4, 0.5) is 9.52 Å². The maximum Gasteiger partial charge on any atom is 0.257 e. The van der Waals surface area contributed by atoms with Gasteiger partial charge in [0.1, 0.15) is 11.5 Å². The molecule has 0 aliphatic heterocycles. The lowest BCUT2D eigenvalue weighted by Crippen LogP contribution is -2.11. The molecule has 5 nitrogen and oxygen atoms in total.